The Kier molecular flexibility index (Phi) is 5.31. The molecule has 0 aliphatic heterocycles. The van der Waals surface area contributed by atoms with E-state index in [4.69, 9.17) is 0 Å². The molecule has 0 aliphatic rings. The molecule has 0 saturated heterocycles. The van der Waals surface area contributed by atoms with Crippen LogP contribution in [0.5, 0.6) is 0 Å². The quantitative estimate of drug-likeness (QED) is 0.621. The summed E-state index contributed by atoms with van der Waals surface area (Å²) in [5, 5.41) is 9.76. The van der Waals surface area contributed by atoms with Crippen molar-refractivity contribution in [3.63, 3.8) is 0 Å². The van der Waals surface area contributed by atoms with Gasteiger partial charge < -0.3 is 5.11 Å². The minimum atomic E-state index is -0.460. The third kappa shape index (κ3) is 3.99. The molecule has 1 aromatic carbocycles. The first-order valence-electron chi connectivity index (χ1n) is 5.08. The van der Waals surface area contributed by atoms with Crippen LogP contribution in [0.4, 0.5) is 0 Å². The van der Waals surface area contributed by atoms with Gasteiger partial charge in [0.15, 0.2) is 0 Å². The van der Waals surface area contributed by atoms with Crippen molar-refractivity contribution in [1.29, 1.82) is 0 Å². The molecular formula is C13H16OS. The molecule has 0 aromatic heterocycles. The molecule has 1 nitrogen and oxygen atoms in total. The molecule has 1 rings (SSSR count). The van der Waals surface area contributed by atoms with Gasteiger partial charge in [0.25, 0.3) is 0 Å². The van der Waals surface area contributed by atoms with Gasteiger partial charge in [0, 0.05) is 11.3 Å². The SMILES string of the molecule is CC#CCC(O)c1ccc(SCC)cc1. The molecule has 0 fully saturated rings. The second-order valence-electron chi connectivity index (χ2n) is 3.15. The number of benzene rings is 1. The maximum absolute atomic E-state index is 9.76. The normalized spacial score (nSPS) is 11.7. The number of thioether (sulfide) groups is 1. The molecule has 2 heteroatoms. The van der Waals surface area contributed by atoms with Gasteiger partial charge in [-0.2, -0.15) is 0 Å². The molecule has 1 N–H and O–H groups in total. The molecule has 0 radical (unpaired) electrons. The summed E-state index contributed by atoms with van der Waals surface area (Å²) in [5.74, 6) is 6.74. The van der Waals surface area contributed by atoms with Crippen LogP contribution in [-0.4, -0.2) is 10.9 Å². The van der Waals surface area contributed by atoms with Crippen molar-refractivity contribution in [2.75, 3.05) is 5.75 Å². The van der Waals surface area contributed by atoms with Crippen LogP contribution in [0.25, 0.3) is 0 Å². The smallest absolute Gasteiger partial charge is 0.0899 e. The number of hydrogen-bond acceptors (Lipinski definition) is 2. The fraction of sp³-hybridized carbons (Fsp3) is 0.385. The fourth-order valence-electron chi connectivity index (χ4n) is 1.27. The molecule has 15 heavy (non-hydrogen) atoms. The van der Waals surface area contributed by atoms with Gasteiger partial charge in [0.1, 0.15) is 0 Å². The summed E-state index contributed by atoms with van der Waals surface area (Å²) in [6, 6.07) is 8.04. The summed E-state index contributed by atoms with van der Waals surface area (Å²) in [5.41, 5.74) is 0.943. The number of hydrogen-bond donors (Lipinski definition) is 1. The molecule has 80 valence electrons. The average Bonchev–Trinajstić information content (AvgIpc) is 2.27. The van der Waals surface area contributed by atoms with E-state index in [-0.39, 0.29) is 0 Å². The number of aliphatic hydroxyl groups excluding tert-OH is 1. The largest absolute Gasteiger partial charge is 0.387 e. The Hall–Kier alpha value is -0.910. The van der Waals surface area contributed by atoms with Crippen molar-refractivity contribution in [2.24, 2.45) is 0 Å². The van der Waals surface area contributed by atoms with Crippen molar-refractivity contribution >= 4 is 11.8 Å². The Bertz CT molecular complexity index is 345. The van der Waals surface area contributed by atoms with Crippen molar-refractivity contribution < 1.29 is 5.11 Å². The lowest BCUT2D eigenvalue weighted by molar-refractivity contribution is 0.184. The van der Waals surface area contributed by atoms with Crippen LogP contribution in [-0.2, 0) is 0 Å². The highest BCUT2D eigenvalue weighted by molar-refractivity contribution is 7.99. The van der Waals surface area contributed by atoms with Gasteiger partial charge >= 0.3 is 0 Å². The maximum Gasteiger partial charge on any atom is 0.0899 e. The molecule has 0 saturated carbocycles. The highest BCUT2D eigenvalue weighted by atomic mass is 32.2. The summed E-state index contributed by atoms with van der Waals surface area (Å²) in [6.45, 7) is 3.91. The predicted octanol–water partition coefficient (Wildman–Crippen LogP) is 3.25. The predicted molar refractivity (Wildman–Crippen MR) is 65.9 cm³/mol. The van der Waals surface area contributed by atoms with Gasteiger partial charge in [-0.1, -0.05) is 19.1 Å². The van der Waals surface area contributed by atoms with Crippen LogP contribution in [0, 0.1) is 11.8 Å². The van der Waals surface area contributed by atoms with Gasteiger partial charge in [-0.3, -0.25) is 0 Å². The Morgan fingerprint density at radius 3 is 2.53 bits per heavy atom. The van der Waals surface area contributed by atoms with Crippen LogP contribution in [0.3, 0.4) is 0 Å². The first kappa shape index (κ1) is 12.2. The Morgan fingerprint density at radius 1 is 1.33 bits per heavy atom. The van der Waals surface area contributed by atoms with Gasteiger partial charge in [-0.05, 0) is 30.4 Å². The molecular weight excluding hydrogens is 204 g/mol. The second kappa shape index (κ2) is 6.55. The molecule has 0 bridgehead atoms. The minimum absolute atomic E-state index is 0.460. The van der Waals surface area contributed by atoms with E-state index in [2.05, 4.69) is 18.8 Å². The number of rotatable bonds is 4. The Morgan fingerprint density at radius 2 is 2.00 bits per heavy atom. The molecule has 0 amide bonds. The topological polar surface area (TPSA) is 20.2 Å². The zero-order valence-corrected chi connectivity index (χ0v) is 9.97. The molecule has 0 spiro atoms. The molecule has 1 atom stereocenters. The van der Waals surface area contributed by atoms with E-state index in [1.165, 1.54) is 4.90 Å². The minimum Gasteiger partial charge on any atom is -0.387 e. The van der Waals surface area contributed by atoms with Gasteiger partial charge in [0.05, 0.1) is 6.10 Å². The van der Waals surface area contributed by atoms with E-state index in [0.717, 1.165) is 11.3 Å². The molecule has 1 aromatic rings. The molecule has 0 aliphatic carbocycles. The van der Waals surface area contributed by atoms with E-state index in [0.29, 0.717) is 6.42 Å². The third-order valence-electron chi connectivity index (χ3n) is 2.05. The van der Waals surface area contributed by atoms with E-state index in [9.17, 15) is 5.11 Å². The standard InChI is InChI=1S/C13H16OS/c1-3-5-6-13(14)11-7-9-12(10-8-11)15-4-2/h7-10,13-14H,4,6H2,1-2H3. The number of aliphatic hydroxyl groups is 1. The third-order valence-corrected chi connectivity index (χ3v) is 2.94. The van der Waals surface area contributed by atoms with E-state index < -0.39 is 6.10 Å². The first-order chi connectivity index (χ1) is 7.27. The Labute approximate surface area is 95.9 Å². The highest BCUT2D eigenvalue weighted by Crippen LogP contribution is 2.21. The van der Waals surface area contributed by atoms with Gasteiger partial charge in [0.2, 0.25) is 0 Å². The van der Waals surface area contributed by atoms with E-state index in [1.807, 2.05) is 24.3 Å². The summed E-state index contributed by atoms with van der Waals surface area (Å²) in [6.07, 6.45) is 0.0506. The van der Waals surface area contributed by atoms with Gasteiger partial charge in [-0.25, -0.2) is 0 Å². The van der Waals surface area contributed by atoms with Crippen molar-refractivity contribution in [3.8, 4) is 11.8 Å². The summed E-state index contributed by atoms with van der Waals surface area (Å²) in [7, 11) is 0. The second-order valence-corrected chi connectivity index (χ2v) is 4.49. The van der Waals surface area contributed by atoms with Crippen molar-refractivity contribution in [3.05, 3.63) is 29.8 Å². The van der Waals surface area contributed by atoms with Crippen LogP contribution in [0.15, 0.2) is 29.2 Å². The first-order valence-corrected chi connectivity index (χ1v) is 6.07. The van der Waals surface area contributed by atoms with Crippen LogP contribution >= 0.6 is 11.8 Å². The lowest BCUT2D eigenvalue weighted by Crippen LogP contribution is -1.95. The van der Waals surface area contributed by atoms with Gasteiger partial charge in [-0.15, -0.1) is 23.6 Å². The zero-order valence-electron chi connectivity index (χ0n) is 9.16. The summed E-state index contributed by atoms with van der Waals surface area (Å²) >= 11 is 1.80. The van der Waals surface area contributed by atoms with E-state index >= 15 is 0 Å². The van der Waals surface area contributed by atoms with Crippen molar-refractivity contribution in [2.45, 2.75) is 31.3 Å². The van der Waals surface area contributed by atoms with Crippen molar-refractivity contribution in [1.82, 2.24) is 0 Å². The fourth-order valence-corrected chi connectivity index (χ4v) is 1.93. The van der Waals surface area contributed by atoms with Crippen LogP contribution in [0.2, 0.25) is 0 Å². The monoisotopic (exact) mass is 220 g/mol. The summed E-state index contributed by atoms with van der Waals surface area (Å²) in [4.78, 5) is 1.25. The average molecular weight is 220 g/mol. The van der Waals surface area contributed by atoms with Crippen LogP contribution < -0.4 is 0 Å². The maximum atomic E-state index is 9.76. The highest BCUT2D eigenvalue weighted by Gasteiger charge is 2.04. The van der Waals surface area contributed by atoms with E-state index in [1.54, 1.807) is 18.7 Å². The zero-order chi connectivity index (χ0) is 11.1. The molecule has 1 unspecified atom stereocenters. The van der Waals surface area contributed by atoms with Crippen LogP contribution in [0.1, 0.15) is 31.9 Å². The summed E-state index contributed by atoms with van der Waals surface area (Å²) < 4.78 is 0. The Balaban J connectivity index is 2.64. The lowest BCUT2D eigenvalue weighted by atomic mass is 10.1. The molecule has 0 heterocycles. The lowest BCUT2D eigenvalue weighted by Gasteiger charge is -2.07.